The lowest BCUT2D eigenvalue weighted by Crippen LogP contribution is -2.19. The van der Waals surface area contributed by atoms with Gasteiger partial charge in [0.2, 0.25) is 0 Å². The number of halogens is 1. The number of methoxy groups -OCH3 is 1. The highest BCUT2D eigenvalue weighted by molar-refractivity contribution is 6.30. The number of hydrogen-bond donors (Lipinski definition) is 1. The number of aromatic nitrogens is 2. The smallest absolute Gasteiger partial charge is 0.137 e. The Labute approximate surface area is 99.2 Å². The van der Waals surface area contributed by atoms with E-state index in [0.717, 1.165) is 24.4 Å². The Kier molecular flexibility index (Phi) is 3.77. The zero-order chi connectivity index (χ0) is 11.4. The van der Waals surface area contributed by atoms with Crippen LogP contribution in [0, 0.1) is 0 Å². The molecule has 0 aliphatic carbocycles. The molecule has 0 radical (unpaired) electrons. The number of nitrogens with zero attached hydrogens (tertiary/aromatic N) is 2. The molecule has 0 saturated carbocycles. The van der Waals surface area contributed by atoms with Crippen LogP contribution in [0.25, 0.3) is 5.65 Å². The van der Waals surface area contributed by atoms with E-state index in [9.17, 15) is 0 Å². The molecule has 1 N–H and O–H groups in total. The standard InChI is InChI=1S/C11H14ClN3O/c1-16-5-4-13-6-10-7-14-11-3-2-9(12)8-15(10)11/h2-3,7-8,13H,4-6H2,1H3. The van der Waals surface area contributed by atoms with Gasteiger partial charge in [0.15, 0.2) is 0 Å². The molecule has 0 fully saturated rings. The normalized spacial score (nSPS) is 11.1. The second-order valence-corrected chi connectivity index (χ2v) is 3.93. The SMILES string of the molecule is COCCNCc1cnc2ccc(Cl)cn12. The molecule has 0 aromatic carbocycles. The summed E-state index contributed by atoms with van der Waals surface area (Å²) in [5.74, 6) is 0. The number of imidazole rings is 1. The largest absolute Gasteiger partial charge is 0.383 e. The molecule has 0 aliphatic heterocycles. The van der Waals surface area contributed by atoms with Crippen LogP contribution >= 0.6 is 11.6 Å². The van der Waals surface area contributed by atoms with Crippen molar-refractivity contribution in [3.05, 3.63) is 35.2 Å². The fourth-order valence-electron chi connectivity index (χ4n) is 1.53. The van der Waals surface area contributed by atoms with Crippen LogP contribution in [0.4, 0.5) is 0 Å². The van der Waals surface area contributed by atoms with Crippen molar-refractivity contribution in [2.45, 2.75) is 6.54 Å². The Hall–Kier alpha value is -1.10. The van der Waals surface area contributed by atoms with Crippen LogP contribution in [-0.4, -0.2) is 29.6 Å². The number of nitrogens with one attached hydrogen (secondary N) is 1. The van der Waals surface area contributed by atoms with Crippen molar-refractivity contribution >= 4 is 17.2 Å². The predicted molar refractivity (Wildman–Crippen MR) is 63.8 cm³/mol. The summed E-state index contributed by atoms with van der Waals surface area (Å²) in [6.45, 7) is 2.28. The molecule has 16 heavy (non-hydrogen) atoms. The van der Waals surface area contributed by atoms with Gasteiger partial charge in [0.1, 0.15) is 5.65 Å². The van der Waals surface area contributed by atoms with Gasteiger partial charge in [0.05, 0.1) is 23.5 Å². The molecule has 0 atom stereocenters. The summed E-state index contributed by atoms with van der Waals surface area (Å²) in [5, 5.41) is 3.98. The Balaban J connectivity index is 2.09. The van der Waals surface area contributed by atoms with Gasteiger partial charge >= 0.3 is 0 Å². The van der Waals surface area contributed by atoms with E-state index >= 15 is 0 Å². The maximum atomic E-state index is 5.94. The second kappa shape index (κ2) is 5.30. The number of pyridine rings is 1. The summed E-state index contributed by atoms with van der Waals surface area (Å²) in [6, 6.07) is 3.74. The summed E-state index contributed by atoms with van der Waals surface area (Å²) in [4.78, 5) is 4.29. The first-order chi connectivity index (χ1) is 7.81. The van der Waals surface area contributed by atoms with E-state index in [0.29, 0.717) is 11.6 Å². The van der Waals surface area contributed by atoms with Gasteiger partial charge in [-0.3, -0.25) is 0 Å². The zero-order valence-electron chi connectivity index (χ0n) is 9.11. The summed E-state index contributed by atoms with van der Waals surface area (Å²) in [7, 11) is 1.69. The molecule has 0 unspecified atom stereocenters. The minimum atomic E-state index is 0.706. The van der Waals surface area contributed by atoms with Gasteiger partial charge < -0.3 is 14.5 Å². The Morgan fingerprint density at radius 1 is 1.50 bits per heavy atom. The lowest BCUT2D eigenvalue weighted by atomic mass is 10.4. The quantitative estimate of drug-likeness (QED) is 0.808. The molecule has 0 aliphatic rings. The summed E-state index contributed by atoms with van der Waals surface area (Å²) < 4.78 is 6.95. The van der Waals surface area contributed by atoms with Crippen LogP contribution in [0.15, 0.2) is 24.5 Å². The Morgan fingerprint density at radius 2 is 2.38 bits per heavy atom. The molecule has 2 aromatic heterocycles. The number of fused-ring (bicyclic) bond motifs is 1. The van der Waals surface area contributed by atoms with Gasteiger partial charge in [0.25, 0.3) is 0 Å². The molecule has 0 saturated heterocycles. The van der Waals surface area contributed by atoms with Crippen LogP contribution in [0.3, 0.4) is 0 Å². The summed E-state index contributed by atoms with van der Waals surface area (Å²) in [5.41, 5.74) is 2.00. The summed E-state index contributed by atoms with van der Waals surface area (Å²) in [6.07, 6.45) is 3.72. The van der Waals surface area contributed by atoms with Crippen molar-refractivity contribution in [3.63, 3.8) is 0 Å². The molecule has 0 amide bonds. The predicted octanol–water partition coefficient (Wildman–Crippen LogP) is 1.72. The van der Waals surface area contributed by atoms with Crippen molar-refractivity contribution in [2.24, 2.45) is 0 Å². The van der Waals surface area contributed by atoms with Crippen LogP contribution in [0.1, 0.15) is 5.69 Å². The lowest BCUT2D eigenvalue weighted by Gasteiger charge is -2.04. The van der Waals surface area contributed by atoms with E-state index in [-0.39, 0.29) is 0 Å². The third kappa shape index (κ3) is 2.52. The van der Waals surface area contributed by atoms with Crippen molar-refractivity contribution in [1.29, 1.82) is 0 Å². The second-order valence-electron chi connectivity index (χ2n) is 3.49. The highest BCUT2D eigenvalue weighted by Crippen LogP contribution is 2.12. The first-order valence-electron chi connectivity index (χ1n) is 5.12. The first-order valence-corrected chi connectivity index (χ1v) is 5.50. The molecule has 2 heterocycles. The van der Waals surface area contributed by atoms with Gasteiger partial charge in [-0.25, -0.2) is 4.98 Å². The zero-order valence-corrected chi connectivity index (χ0v) is 9.87. The minimum absolute atomic E-state index is 0.706. The van der Waals surface area contributed by atoms with E-state index in [1.54, 1.807) is 7.11 Å². The summed E-state index contributed by atoms with van der Waals surface area (Å²) >= 11 is 5.94. The van der Waals surface area contributed by atoms with Gasteiger partial charge in [0, 0.05) is 26.4 Å². The Bertz CT molecular complexity index is 469. The van der Waals surface area contributed by atoms with Gasteiger partial charge in [-0.1, -0.05) is 11.6 Å². The molecule has 86 valence electrons. The number of hydrogen-bond acceptors (Lipinski definition) is 3. The van der Waals surface area contributed by atoms with Gasteiger partial charge in [-0.2, -0.15) is 0 Å². The minimum Gasteiger partial charge on any atom is -0.383 e. The number of rotatable bonds is 5. The van der Waals surface area contributed by atoms with Crippen molar-refractivity contribution in [3.8, 4) is 0 Å². The molecule has 2 rings (SSSR count). The van der Waals surface area contributed by atoms with Gasteiger partial charge in [-0.05, 0) is 12.1 Å². The average molecular weight is 240 g/mol. The van der Waals surface area contributed by atoms with Gasteiger partial charge in [-0.15, -0.1) is 0 Å². The van der Waals surface area contributed by atoms with E-state index in [1.807, 2.05) is 28.9 Å². The van der Waals surface area contributed by atoms with Crippen LogP contribution in [0.2, 0.25) is 5.02 Å². The van der Waals surface area contributed by atoms with E-state index in [4.69, 9.17) is 16.3 Å². The molecule has 0 bridgehead atoms. The van der Waals surface area contributed by atoms with Crippen LogP contribution in [0.5, 0.6) is 0 Å². The molecular weight excluding hydrogens is 226 g/mol. The van der Waals surface area contributed by atoms with Crippen molar-refractivity contribution in [1.82, 2.24) is 14.7 Å². The molecule has 0 spiro atoms. The first kappa shape index (κ1) is 11.4. The monoisotopic (exact) mass is 239 g/mol. The van der Waals surface area contributed by atoms with E-state index in [2.05, 4.69) is 10.3 Å². The lowest BCUT2D eigenvalue weighted by molar-refractivity contribution is 0.199. The topological polar surface area (TPSA) is 38.6 Å². The number of ether oxygens (including phenoxy) is 1. The fourth-order valence-corrected chi connectivity index (χ4v) is 1.69. The van der Waals surface area contributed by atoms with Crippen molar-refractivity contribution < 1.29 is 4.74 Å². The average Bonchev–Trinajstić information content (AvgIpc) is 2.67. The third-order valence-electron chi connectivity index (χ3n) is 2.34. The van der Waals surface area contributed by atoms with Crippen molar-refractivity contribution in [2.75, 3.05) is 20.3 Å². The maximum absolute atomic E-state index is 5.94. The van der Waals surface area contributed by atoms with E-state index < -0.39 is 0 Å². The molecule has 5 heteroatoms. The Morgan fingerprint density at radius 3 is 3.19 bits per heavy atom. The third-order valence-corrected chi connectivity index (χ3v) is 2.56. The molecule has 4 nitrogen and oxygen atoms in total. The molecule has 2 aromatic rings. The van der Waals surface area contributed by atoms with E-state index in [1.165, 1.54) is 0 Å². The highest BCUT2D eigenvalue weighted by Gasteiger charge is 2.02. The maximum Gasteiger partial charge on any atom is 0.137 e. The fraction of sp³-hybridized carbons (Fsp3) is 0.364. The van der Waals surface area contributed by atoms with Crippen LogP contribution < -0.4 is 5.32 Å². The van der Waals surface area contributed by atoms with Crippen LogP contribution in [-0.2, 0) is 11.3 Å². The highest BCUT2D eigenvalue weighted by atomic mass is 35.5. The molecular formula is C11H14ClN3O.